The van der Waals surface area contributed by atoms with E-state index >= 15 is 0 Å². The van der Waals surface area contributed by atoms with Crippen LogP contribution in [-0.4, -0.2) is 16.9 Å². The zero-order valence-electron chi connectivity index (χ0n) is 3.75. The van der Waals surface area contributed by atoms with Gasteiger partial charge < -0.3 is 9.84 Å². The molecule has 1 heterocycles. The maximum atomic E-state index is 10.1. The molecule has 0 aliphatic carbocycles. The number of hydrogen-bond acceptors (Lipinski definition) is 4. The fourth-order valence-corrected chi connectivity index (χ4v) is 0.321. The largest absolute Gasteiger partial charge is 0.502 e. The molecule has 0 spiro atoms. The lowest BCUT2D eigenvalue weighted by Crippen LogP contribution is -2.08. The molecule has 0 unspecified atom stereocenters. The zero-order chi connectivity index (χ0) is 6.15. The van der Waals surface area contributed by atoms with Crippen LogP contribution in [0.5, 0.6) is 0 Å². The Morgan fingerprint density at radius 1 is 1.50 bits per heavy atom. The van der Waals surface area contributed by atoms with Gasteiger partial charge in [-0.2, -0.15) is 0 Å². The van der Waals surface area contributed by atoms with E-state index in [1.54, 1.807) is 0 Å². The summed E-state index contributed by atoms with van der Waals surface area (Å²) in [6.07, 6.45) is 0.713. The predicted molar refractivity (Wildman–Crippen MR) is 21.8 cm³/mol. The van der Waals surface area contributed by atoms with E-state index in [2.05, 4.69) is 4.74 Å². The van der Waals surface area contributed by atoms with Gasteiger partial charge in [0, 0.05) is 0 Å². The second kappa shape index (κ2) is 1.33. The van der Waals surface area contributed by atoms with Crippen LogP contribution in [-0.2, 0) is 14.3 Å². The monoisotopic (exact) mass is 114 g/mol. The Balaban J connectivity index is 2.89. The first-order valence-electron chi connectivity index (χ1n) is 1.86. The van der Waals surface area contributed by atoms with E-state index in [9.17, 15) is 9.59 Å². The zero-order valence-corrected chi connectivity index (χ0v) is 3.75. The number of cyclic esters (lactones) is 1. The minimum Gasteiger partial charge on any atom is -0.502 e. The van der Waals surface area contributed by atoms with E-state index < -0.39 is 17.5 Å². The molecular weight excluding hydrogens is 112 g/mol. The van der Waals surface area contributed by atoms with Crippen LogP contribution in [0, 0.1) is 0 Å². The molecule has 42 valence electrons. The van der Waals surface area contributed by atoms with Gasteiger partial charge in [0.1, 0.15) is 6.26 Å². The van der Waals surface area contributed by atoms with Crippen molar-refractivity contribution in [2.45, 2.75) is 0 Å². The van der Waals surface area contributed by atoms with Crippen LogP contribution in [0.2, 0.25) is 0 Å². The summed E-state index contributed by atoms with van der Waals surface area (Å²) in [6, 6.07) is 0. The van der Waals surface area contributed by atoms with Crippen LogP contribution in [0.4, 0.5) is 0 Å². The number of rotatable bonds is 0. The first kappa shape index (κ1) is 4.83. The standard InChI is InChI=1S/C4H2O4/c5-2-1-8-4(7)3(2)6/h1,5H. The molecule has 0 aromatic heterocycles. The molecule has 1 aliphatic heterocycles. The number of hydrogen-bond donors (Lipinski definition) is 1. The average molecular weight is 114 g/mol. The number of Topliss-reactive ketones (excluding diaryl/α,β-unsaturated/α-hetero) is 1. The lowest BCUT2D eigenvalue weighted by molar-refractivity contribution is -0.146. The van der Waals surface area contributed by atoms with Crippen LogP contribution in [0.1, 0.15) is 0 Å². The molecule has 1 aliphatic rings. The summed E-state index contributed by atoms with van der Waals surface area (Å²) in [6.45, 7) is 0. The van der Waals surface area contributed by atoms with Crippen molar-refractivity contribution in [2.75, 3.05) is 0 Å². The SMILES string of the molecule is O=C1OC=C(O)C1=O. The summed E-state index contributed by atoms with van der Waals surface area (Å²) >= 11 is 0. The number of carbonyl (C=O) groups excluding carboxylic acids is 2. The number of ether oxygens (including phenoxy) is 1. The summed E-state index contributed by atoms with van der Waals surface area (Å²) in [5, 5.41) is 8.33. The highest BCUT2D eigenvalue weighted by Gasteiger charge is 2.26. The van der Waals surface area contributed by atoms with Crippen LogP contribution in [0.15, 0.2) is 12.0 Å². The molecule has 4 nitrogen and oxygen atoms in total. The Bertz CT molecular complexity index is 178. The summed E-state index contributed by atoms with van der Waals surface area (Å²) in [4.78, 5) is 20.1. The van der Waals surface area contributed by atoms with Gasteiger partial charge in [-0.15, -0.1) is 0 Å². The second-order valence-corrected chi connectivity index (χ2v) is 1.24. The van der Waals surface area contributed by atoms with Crippen LogP contribution < -0.4 is 0 Å². The van der Waals surface area contributed by atoms with Crippen molar-refractivity contribution < 1.29 is 19.4 Å². The molecule has 0 atom stereocenters. The van der Waals surface area contributed by atoms with E-state index in [0.29, 0.717) is 6.26 Å². The van der Waals surface area contributed by atoms with E-state index in [0.717, 1.165) is 0 Å². The minimum absolute atomic E-state index is 0.630. The quantitative estimate of drug-likeness (QED) is 0.341. The average Bonchev–Trinajstić information content (AvgIpc) is 1.98. The van der Waals surface area contributed by atoms with Crippen molar-refractivity contribution in [3.05, 3.63) is 12.0 Å². The summed E-state index contributed by atoms with van der Waals surface area (Å²) in [7, 11) is 0. The molecule has 1 rings (SSSR count). The van der Waals surface area contributed by atoms with Crippen LogP contribution in [0.25, 0.3) is 0 Å². The summed E-state index contributed by atoms with van der Waals surface area (Å²) < 4.78 is 3.98. The lowest BCUT2D eigenvalue weighted by Gasteiger charge is -1.78. The number of esters is 1. The maximum Gasteiger partial charge on any atom is 0.388 e. The van der Waals surface area contributed by atoms with Gasteiger partial charge in [0.2, 0.25) is 5.76 Å². The molecular formula is C4H2O4. The van der Waals surface area contributed by atoms with Crippen LogP contribution in [0.3, 0.4) is 0 Å². The molecule has 4 heteroatoms. The number of ketones is 1. The Labute approximate surface area is 44.4 Å². The smallest absolute Gasteiger partial charge is 0.388 e. The summed E-state index contributed by atoms with van der Waals surface area (Å²) in [5.41, 5.74) is 0. The molecule has 0 radical (unpaired) electrons. The van der Waals surface area contributed by atoms with Crippen molar-refractivity contribution in [3.8, 4) is 0 Å². The first-order chi connectivity index (χ1) is 3.72. The number of carbonyl (C=O) groups is 2. The molecule has 0 aromatic rings. The molecule has 1 N–H and O–H groups in total. The molecule has 0 aromatic carbocycles. The van der Waals surface area contributed by atoms with Crippen molar-refractivity contribution in [1.29, 1.82) is 0 Å². The highest BCUT2D eigenvalue weighted by Crippen LogP contribution is 2.02. The number of aliphatic hydroxyl groups excluding tert-OH is 1. The van der Waals surface area contributed by atoms with Crippen molar-refractivity contribution in [2.24, 2.45) is 0 Å². The van der Waals surface area contributed by atoms with Gasteiger partial charge in [-0.25, -0.2) is 4.79 Å². The summed E-state index contributed by atoms with van der Waals surface area (Å²) in [5.74, 6) is -2.64. The van der Waals surface area contributed by atoms with Gasteiger partial charge in [-0.1, -0.05) is 0 Å². The van der Waals surface area contributed by atoms with Gasteiger partial charge in [0.05, 0.1) is 0 Å². The third kappa shape index (κ3) is 0.465. The van der Waals surface area contributed by atoms with Crippen molar-refractivity contribution in [3.63, 3.8) is 0 Å². The normalized spacial score (nSPS) is 18.2. The molecule has 0 amide bonds. The lowest BCUT2D eigenvalue weighted by atomic mass is 10.4. The third-order valence-corrected chi connectivity index (χ3v) is 0.696. The fraction of sp³-hybridized carbons (Fsp3) is 0. The Morgan fingerprint density at radius 2 is 2.12 bits per heavy atom. The van der Waals surface area contributed by atoms with E-state index in [1.165, 1.54) is 0 Å². The van der Waals surface area contributed by atoms with E-state index in [-0.39, 0.29) is 0 Å². The van der Waals surface area contributed by atoms with Crippen LogP contribution >= 0.6 is 0 Å². The fourth-order valence-electron chi connectivity index (χ4n) is 0.321. The predicted octanol–water partition coefficient (Wildman–Crippen LogP) is -0.488. The molecule has 0 saturated carbocycles. The van der Waals surface area contributed by atoms with E-state index in [1.807, 2.05) is 0 Å². The molecule has 0 bridgehead atoms. The van der Waals surface area contributed by atoms with Gasteiger partial charge in [-0.05, 0) is 0 Å². The molecule has 0 saturated heterocycles. The Hall–Kier alpha value is -1.32. The minimum atomic E-state index is -1.03. The Kier molecular flexibility index (Phi) is 0.802. The maximum absolute atomic E-state index is 10.1. The Morgan fingerprint density at radius 3 is 2.25 bits per heavy atom. The third-order valence-electron chi connectivity index (χ3n) is 0.696. The topological polar surface area (TPSA) is 63.6 Å². The highest BCUT2D eigenvalue weighted by atomic mass is 16.5. The van der Waals surface area contributed by atoms with Gasteiger partial charge in [0.25, 0.3) is 0 Å². The van der Waals surface area contributed by atoms with Gasteiger partial charge in [-0.3, -0.25) is 4.79 Å². The highest BCUT2D eigenvalue weighted by molar-refractivity contribution is 6.41. The molecule has 8 heavy (non-hydrogen) atoms. The van der Waals surface area contributed by atoms with Gasteiger partial charge >= 0.3 is 11.8 Å². The van der Waals surface area contributed by atoms with Crippen molar-refractivity contribution >= 4 is 11.8 Å². The van der Waals surface area contributed by atoms with Crippen molar-refractivity contribution in [1.82, 2.24) is 0 Å². The number of aliphatic hydroxyl groups is 1. The molecule has 0 fully saturated rings. The second-order valence-electron chi connectivity index (χ2n) is 1.24. The van der Waals surface area contributed by atoms with E-state index in [4.69, 9.17) is 5.11 Å². The van der Waals surface area contributed by atoms with Gasteiger partial charge in [0.15, 0.2) is 0 Å². The first-order valence-corrected chi connectivity index (χ1v) is 1.86.